The van der Waals surface area contributed by atoms with Crippen LogP contribution in [0.5, 0.6) is 0 Å². The lowest BCUT2D eigenvalue weighted by Crippen LogP contribution is -2.55. The molecule has 3 atom stereocenters. The minimum atomic E-state index is -1.72. The highest BCUT2D eigenvalue weighted by atomic mass is 16.5. The average Bonchev–Trinajstić information content (AvgIpc) is 2.38. The van der Waals surface area contributed by atoms with E-state index in [1.807, 2.05) is 13.8 Å². The molecule has 0 rings (SSSR count). The molecule has 3 amide bonds. The van der Waals surface area contributed by atoms with Crippen molar-refractivity contribution in [1.82, 2.24) is 10.8 Å². The van der Waals surface area contributed by atoms with Crippen LogP contribution in [0.2, 0.25) is 0 Å². The summed E-state index contributed by atoms with van der Waals surface area (Å²) in [7, 11) is 0. The third-order valence-electron chi connectivity index (χ3n) is 3.26. The molecular weight excluding hydrogens is 290 g/mol. The maximum Gasteiger partial charge on any atom is 0.272 e. The van der Waals surface area contributed by atoms with E-state index in [0.717, 1.165) is 0 Å². The summed E-state index contributed by atoms with van der Waals surface area (Å²) in [6, 6.07) is -0.945. The van der Waals surface area contributed by atoms with Crippen LogP contribution in [-0.2, 0) is 14.4 Å². The van der Waals surface area contributed by atoms with Gasteiger partial charge in [-0.25, -0.2) is 5.48 Å². The molecule has 8 heteroatoms. The van der Waals surface area contributed by atoms with Crippen LogP contribution < -0.4 is 16.5 Å². The molecular formula is C14H27N3O5. The van der Waals surface area contributed by atoms with Gasteiger partial charge in [0.1, 0.15) is 12.1 Å². The third kappa shape index (κ3) is 5.98. The molecule has 0 unspecified atom stereocenters. The first-order chi connectivity index (χ1) is 9.91. The normalized spacial score (nSPS) is 15.8. The number of nitrogens with one attached hydrogen (secondary N) is 2. The zero-order valence-corrected chi connectivity index (χ0v) is 13.7. The van der Waals surface area contributed by atoms with Gasteiger partial charge in [0.2, 0.25) is 11.8 Å². The highest BCUT2D eigenvalue weighted by molar-refractivity contribution is 5.92. The lowest BCUT2D eigenvalue weighted by Gasteiger charge is -2.31. The Bertz CT molecular complexity index is 417. The van der Waals surface area contributed by atoms with Crippen LogP contribution in [0.4, 0.5) is 0 Å². The van der Waals surface area contributed by atoms with Gasteiger partial charge in [0.25, 0.3) is 5.91 Å². The highest BCUT2D eigenvalue weighted by Crippen LogP contribution is 2.22. The summed E-state index contributed by atoms with van der Waals surface area (Å²) < 4.78 is 0. The van der Waals surface area contributed by atoms with Gasteiger partial charge >= 0.3 is 0 Å². The van der Waals surface area contributed by atoms with Crippen molar-refractivity contribution in [2.24, 2.45) is 23.0 Å². The number of aliphatic hydroxyl groups excluding tert-OH is 1. The first-order valence-corrected chi connectivity index (χ1v) is 7.13. The molecule has 0 spiro atoms. The fourth-order valence-electron chi connectivity index (χ4n) is 2.10. The van der Waals surface area contributed by atoms with Gasteiger partial charge in [-0.3, -0.25) is 19.6 Å². The van der Waals surface area contributed by atoms with Crippen molar-refractivity contribution >= 4 is 17.7 Å². The lowest BCUT2D eigenvalue weighted by molar-refractivity contribution is -0.147. The maximum absolute atomic E-state index is 12.4. The number of aliphatic hydroxyl groups is 1. The first-order valence-electron chi connectivity index (χ1n) is 7.13. The molecule has 0 aliphatic carbocycles. The predicted octanol–water partition coefficient (Wildman–Crippen LogP) is -0.469. The standard InChI is InChI=1S/C14H27N3O5/c1-7(2)6-8(9(18)13(21)17-22)12(20)16-10(11(15)19)14(3,4)5/h7-10,18,22H,6H2,1-5H3,(H2,15,19)(H,16,20)(H,17,21)/t8-,9-,10-/m1/s1. The molecule has 0 radical (unpaired) electrons. The molecule has 0 aliphatic rings. The van der Waals surface area contributed by atoms with Gasteiger partial charge in [-0.2, -0.15) is 0 Å². The number of amides is 3. The number of nitrogens with two attached hydrogens (primary N) is 1. The molecule has 0 heterocycles. The smallest absolute Gasteiger partial charge is 0.272 e. The van der Waals surface area contributed by atoms with Gasteiger partial charge in [-0.1, -0.05) is 34.6 Å². The number of carbonyl (C=O) groups is 3. The zero-order valence-electron chi connectivity index (χ0n) is 13.7. The van der Waals surface area contributed by atoms with Gasteiger partial charge in [0, 0.05) is 0 Å². The van der Waals surface area contributed by atoms with Crippen molar-refractivity contribution in [1.29, 1.82) is 0 Å². The van der Waals surface area contributed by atoms with Crippen molar-refractivity contribution in [2.45, 2.75) is 53.2 Å². The van der Waals surface area contributed by atoms with E-state index in [1.165, 1.54) is 5.48 Å². The Kier molecular flexibility index (Phi) is 7.48. The van der Waals surface area contributed by atoms with Crippen molar-refractivity contribution in [3.05, 3.63) is 0 Å². The Morgan fingerprint density at radius 1 is 1.14 bits per heavy atom. The predicted molar refractivity (Wildman–Crippen MR) is 79.5 cm³/mol. The van der Waals surface area contributed by atoms with Gasteiger partial charge in [0.05, 0.1) is 5.92 Å². The average molecular weight is 317 g/mol. The van der Waals surface area contributed by atoms with E-state index in [0.29, 0.717) is 0 Å². The van der Waals surface area contributed by atoms with Crippen molar-refractivity contribution < 1.29 is 24.7 Å². The summed E-state index contributed by atoms with van der Waals surface area (Å²) >= 11 is 0. The van der Waals surface area contributed by atoms with Gasteiger partial charge in [-0.05, 0) is 17.8 Å². The Labute approximate surface area is 130 Å². The van der Waals surface area contributed by atoms with E-state index in [9.17, 15) is 19.5 Å². The summed E-state index contributed by atoms with van der Waals surface area (Å²) in [4.78, 5) is 35.2. The minimum Gasteiger partial charge on any atom is -0.382 e. The van der Waals surface area contributed by atoms with Crippen LogP contribution in [-0.4, -0.2) is 40.2 Å². The SMILES string of the molecule is CC(C)C[C@@H](C(=O)N[C@H](C(N)=O)C(C)(C)C)[C@@H](O)C(=O)NO. The summed E-state index contributed by atoms with van der Waals surface area (Å²) in [6.45, 7) is 8.84. The fourth-order valence-corrected chi connectivity index (χ4v) is 2.10. The van der Waals surface area contributed by atoms with Crippen molar-refractivity contribution in [2.75, 3.05) is 0 Å². The Morgan fingerprint density at radius 3 is 1.95 bits per heavy atom. The zero-order chi connectivity index (χ0) is 17.7. The van der Waals surface area contributed by atoms with Gasteiger partial charge in [0.15, 0.2) is 0 Å². The number of hydroxylamine groups is 1. The molecule has 0 aromatic heterocycles. The monoisotopic (exact) mass is 317 g/mol. The summed E-state index contributed by atoms with van der Waals surface area (Å²) in [6.07, 6.45) is -1.52. The van der Waals surface area contributed by atoms with Crippen LogP contribution in [0, 0.1) is 17.3 Å². The molecule has 0 aliphatic heterocycles. The minimum absolute atomic E-state index is 0.0126. The Morgan fingerprint density at radius 2 is 1.64 bits per heavy atom. The van der Waals surface area contributed by atoms with E-state index in [-0.39, 0.29) is 12.3 Å². The molecule has 8 nitrogen and oxygen atoms in total. The largest absolute Gasteiger partial charge is 0.382 e. The molecule has 0 bridgehead atoms. The molecule has 22 heavy (non-hydrogen) atoms. The van der Waals surface area contributed by atoms with E-state index >= 15 is 0 Å². The number of hydrogen-bond acceptors (Lipinski definition) is 5. The summed E-state index contributed by atoms with van der Waals surface area (Å²) in [5, 5.41) is 21.0. The summed E-state index contributed by atoms with van der Waals surface area (Å²) in [5.74, 6) is -3.53. The third-order valence-corrected chi connectivity index (χ3v) is 3.26. The van der Waals surface area contributed by atoms with Crippen molar-refractivity contribution in [3.8, 4) is 0 Å². The number of carbonyl (C=O) groups excluding carboxylic acids is 3. The van der Waals surface area contributed by atoms with Crippen molar-refractivity contribution in [3.63, 3.8) is 0 Å². The second-order valence-electron chi connectivity index (χ2n) is 6.87. The Hall–Kier alpha value is -1.67. The lowest BCUT2D eigenvalue weighted by atomic mass is 9.84. The van der Waals surface area contributed by atoms with Crippen LogP contribution in [0.25, 0.3) is 0 Å². The quantitative estimate of drug-likeness (QED) is 0.319. The second kappa shape index (κ2) is 8.09. The van der Waals surface area contributed by atoms with E-state index in [4.69, 9.17) is 10.9 Å². The number of hydrogen-bond donors (Lipinski definition) is 5. The van der Waals surface area contributed by atoms with Crippen LogP contribution >= 0.6 is 0 Å². The number of rotatable bonds is 7. The van der Waals surface area contributed by atoms with E-state index in [2.05, 4.69) is 5.32 Å². The van der Waals surface area contributed by atoms with Crippen LogP contribution in [0.3, 0.4) is 0 Å². The van der Waals surface area contributed by atoms with E-state index < -0.39 is 41.2 Å². The fraction of sp³-hybridized carbons (Fsp3) is 0.786. The van der Waals surface area contributed by atoms with Crippen LogP contribution in [0.1, 0.15) is 41.0 Å². The molecule has 0 aromatic carbocycles. The maximum atomic E-state index is 12.4. The van der Waals surface area contributed by atoms with Crippen LogP contribution in [0.15, 0.2) is 0 Å². The highest BCUT2D eigenvalue weighted by Gasteiger charge is 2.37. The molecule has 0 fully saturated rings. The molecule has 0 saturated heterocycles. The van der Waals surface area contributed by atoms with E-state index in [1.54, 1.807) is 20.8 Å². The van der Waals surface area contributed by atoms with Gasteiger partial charge in [-0.15, -0.1) is 0 Å². The van der Waals surface area contributed by atoms with Gasteiger partial charge < -0.3 is 16.2 Å². The molecule has 0 saturated carbocycles. The topological polar surface area (TPSA) is 142 Å². The Balaban J connectivity index is 5.27. The molecule has 0 aromatic rings. The molecule has 6 N–H and O–H groups in total. The summed E-state index contributed by atoms with van der Waals surface area (Å²) in [5.41, 5.74) is 6.00. The molecule has 128 valence electrons. The first kappa shape index (κ1) is 20.3. The second-order valence-corrected chi connectivity index (χ2v) is 6.87. The number of primary amides is 1.